The van der Waals surface area contributed by atoms with Gasteiger partial charge in [-0.1, -0.05) is 36.4 Å². The number of anilines is 3. The molecule has 31 heavy (non-hydrogen) atoms. The first kappa shape index (κ1) is 20.5. The van der Waals surface area contributed by atoms with E-state index in [-0.39, 0.29) is 12.5 Å². The maximum atomic E-state index is 12.7. The first-order valence-electron chi connectivity index (χ1n) is 10.2. The summed E-state index contributed by atoms with van der Waals surface area (Å²) in [7, 11) is 0. The zero-order chi connectivity index (χ0) is 21.6. The average Bonchev–Trinajstić information content (AvgIpc) is 3.23. The number of amides is 1. The second-order valence-electron chi connectivity index (χ2n) is 7.30. The van der Waals surface area contributed by atoms with Gasteiger partial charge in [0.2, 0.25) is 0 Å². The molecule has 1 amide bonds. The Kier molecular flexibility index (Phi) is 6.17. The van der Waals surface area contributed by atoms with E-state index < -0.39 is 12.1 Å². The molecule has 0 bridgehead atoms. The number of carbonyl (C=O) groups is 2. The molecule has 0 aromatic heterocycles. The Hall–Kier alpha value is -3.80. The van der Waals surface area contributed by atoms with Gasteiger partial charge in [-0.25, -0.2) is 4.79 Å². The van der Waals surface area contributed by atoms with E-state index in [4.69, 9.17) is 9.47 Å². The predicted octanol–water partition coefficient (Wildman–Crippen LogP) is 4.33. The van der Waals surface area contributed by atoms with E-state index >= 15 is 0 Å². The van der Waals surface area contributed by atoms with Gasteiger partial charge in [-0.2, -0.15) is 0 Å². The van der Waals surface area contributed by atoms with Crippen molar-refractivity contribution in [2.75, 3.05) is 23.4 Å². The molecule has 0 aliphatic carbocycles. The minimum absolute atomic E-state index is 0.227. The second-order valence-corrected chi connectivity index (χ2v) is 7.30. The molecule has 0 fully saturated rings. The SMILES string of the molecule is C[C@@H](OC(=O)COc1ccc(Nc2ccccc2)cc1)C(=O)N1CCc2ccccc21. The number of carbonyl (C=O) groups excluding carboxylic acids is 2. The minimum atomic E-state index is -0.875. The van der Waals surface area contributed by atoms with Crippen LogP contribution in [0.1, 0.15) is 12.5 Å². The van der Waals surface area contributed by atoms with Crippen LogP contribution in [0.4, 0.5) is 17.1 Å². The zero-order valence-corrected chi connectivity index (χ0v) is 17.3. The van der Waals surface area contributed by atoms with Gasteiger partial charge in [0, 0.05) is 23.6 Å². The van der Waals surface area contributed by atoms with Gasteiger partial charge in [0.1, 0.15) is 5.75 Å². The quantitative estimate of drug-likeness (QED) is 0.581. The fourth-order valence-corrected chi connectivity index (χ4v) is 3.53. The summed E-state index contributed by atoms with van der Waals surface area (Å²) in [6.07, 6.45) is -0.0689. The number of ether oxygens (including phenoxy) is 2. The van der Waals surface area contributed by atoms with E-state index in [0.29, 0.717) is 12.3 Å². The highest BCUT2D eigenvalue weighted by molar-refractivity contribution is 5.99. The lowest BCUT2D eigenvalue weighted by atomic mass is 10.2. The van der Waals surface area contributed by atoms with Gasteiger partial charge in [0.05, 0.1) is 0 Å². The van der Waals surface area contributed by atoms with Crippen LogP contribution in [0.15, 0.2) is 78.9 Å². The van der Waals surface area contributed by atoms with Crippen molar-refractivity contribution in [2.24, 2.45) is 0 Å². The Balaban J connectivity index is 1.26. The van der Waals surface area contributed by atoms with Crippen LogP contribution >= 0.6 is 0 Å². The van der Waals surface area contributed by atoms with Crippen LogP contribution in [0.25, 0.3) is 0 Å². The lowest BCUT2D eigenvalue weighted by Crippen LogP contribution is -2.39. The highest BCUT2D eigenvalue weighted by atomic mass is 16.6. The first-order valence-corrected chi connectivity index (χ1v) is 10.2. The molecule has 1 aliphatic heterocycles. The molecule has 6 heteroatoms. The van der Waals surface area contributed by atoms with Gasteiger partial charge in [-0.15, -0.1) is 0 Å². The van der Waals surface area contributed by atoms with Gasteiger partial charge in [-0.05, 0) is 61.4 Å². The smallest absolute Gasteiger partial charge is 0.344 e. The van der Waals surface area contributed by atoms with Gasteiger partial charge in [-0.3, -0.25) is 4.79 Å². The van der Waals surface area contributed by atoms with Crippen molar-refractivity contribution in [2.45, 2.75) is 19.4 Å². The number of nitrogens with one attached hydrogen (secondary N) is 1. The third-order valence-electron chi connectivity index (χ3n) is 5.08. The van der Waals surface area contributed by atoms with Crippen LogP contribution in [0.3, 0.4) is 0 Å². The number of fused-ring (bicyclic) bond motifs is 1. The van der Waals surface area contributed by atoms with E-state index in [2.05, 4.69) is 5.32 Å². The maximum absolute atomic E-state index is 12.7. The second kappa shape index (κ2) is 9.34. The summed E-state index contributed by atoms with van der Waals surface area (Å²) in [6, 6.07) is 24.9. The van der Waals surface area contributed by atoms with E-state index in [0.717, 1.165) is 29.0 Å². The average molecular weight is 416 g/mol. The first-order chi connectivity index (χ1) is 15.1. The molecular formula is C25H24N2O4. The normalized spacial score (nSPS) is 13.3. The number of hydrogen-bond donors (Lipinski definition) is 1. The standard InChI is InChI=1S/C25H24N2O4/c1-18(25(29)27-16-15-19-7-5-6-10-23(19)27)31-24(28)17-30-22-13-11-21(12-14-22)26-20-8-3-2-4-9-20/h2-14,18,26H,15-17H2,1H3/t18-/m1/s1. The van der Waals surface area contributed by atoms with Crippen molar-refractivity contribution in [1.82, 2.24) is 0 Å². The fraction of sp³-hybridized carbons (Fsp3) is 0.200. The van der Waals surface area contributed by atoms with Crippen molar-refractivity contribution in [3.8, 4) is 5.75 Å². The summed E-state index contributed by atoms with van der Waals surface area (Å²) >= 11 is 0. The molecule has 1 N–H and O–H groups in total. The van der Waals surface area contributed by atoms with Gasteiger partial charge >= 0.3 is 5.97 Å². The largest absolute Gasteiger partial charge is 0.482 e. The molecule has 0 saturated heterocycles. The summed E-state index contributed by atoms with van der Waals surface area (Å²) in [5.74, 6) is -0.266. The van der Waals surface area contributed by atoms with Crippen molar-refractivity contribution >= 4 is 28.9 Å². The van der Waals surface area contributed by atoms with Crippen LogP contribution < -0.4 is 15.0 Å². The van der Waals surface area contributed by atoms with Gasteiger partial charge < -0.3 is 19.7 Å². The lowest BCUT2D eigenvalue weighted by Gasteiger charge is -2.21. The molecule has 6 nitrogen and oxygen atoms in total. The van der Waals surface area contributed by atoms with Gasteiger partial charge in [0.15, 0.2) is 12.7 Å². The molecule has 1 heterocycles. The van der Waals surface area contributed by atoms with Crippen LogP contribution in [-0.4, -0.2) is 31.1 Å². The van der Waals surface area contributed by atoms with E-state index in [1.54, 1.807) is 24.0 Å². The molecule has 3 aromatic rings. The highest BCUT2D eigenvalue weighted by Gasteiger charge is 2.29. The Morgan fingerprint density at radius 2 is 1.61 bits per heavy atom. The highest BCUT2D eigenvalue weighted by Crippen LogP contribution is 2.28. The topological polar surface area (TPSA) is 67.9 Å². The minimum Gasteiger partial charge on any atom is -0.482 e. The van der Waals surface area contributed by atoms with Crippen LogP contribution in [0.5, 0.6) is 5.75 Å². The number of benzene rings is 3. The Labute approximate surface area is 181 Å². The molecule has 158 valence electrons. The third-order valence-corrected chi connectivity index (χ3v) is 5.08. The van der Waals surface area contributed by atoms with E-state index in [9.17, 15) is 9.59 Å². The monoisotopic (exact) mass is 416 g/mol. The lowest BCUT2D eigenvalue weighted by molar-refractivity contribution is -0.155. The van der Waals surface area contributed by atoms with E-state index in [1.165, 1.54) is 0 Å². The van der Waals surface area contributed by atoms with E-state index in [1.807, 2.05) is 66.7 Å². The van der Waals surface area contributed by atoms with Crippen molar-refractivity contribution in [3.05, 3.63) is 84.4 Å². The van der Waals surface area contributed by atoms with Crippen molar-refractivity contribution < 1.29 is 19.1 Å². The Bertz CT molecular complexity index is 1050. The molecule has 0 radical (unpaired) electrons. The Morgan fingerprint density at radius 3 is 2.39 bits per heavy atom. The molecule has 3 aromatic carbocycles. The summed E-state index contributed by atoms with van der Waals surface area (Å²) < 4.78 is 10.8. The van der Waals surface area contributed by atoms with Crippen molar-refractivity contribution in [1.29, 1.82) is 0 Å². The maximum Gasteiger partial charge on any atom is 0.344 e. The molecule has 0 unspecified atom stereocenters. The number of para-hydroxylation sites is 2. The summed E-state index contributed by atoms with van der Waals surface area (Å²) in [6.45, 7) is 1.92. The summed E-state index contributed by atoms with van der Waals surface area (Å²) in [5.41, 5.74) is 3.91. The fourth-order valence-electron chi connectivity index (χ4n) is 3.53. The van der Waals surface area contributed by atoms with Crippen LogP contribution in [0, 0.1) is 0 Å². The number of nitrogens with zero attached hydrogens (tertiary/aromatic N) is 1. The molecule has 0 saturated carbocycles. The molecule has 1 atom stereocenters. The van der Waals surface area contributed by atoms with Crippen LogP contribution in [-0.2, 0) is 20.7 Å². The molecule has 1 aliphatic rings. The summed E-state index contributed by atoms with van der Waals surface area (Å²) in [5, 5.41) is 3.28. The van der Waals surface area contributed by atoms with Crippen molar-refractivity contribution in [3.63, 3.8) is 0 Å². The number of esters is 1. The number of rotatable bonds is 7. The number of hydrogen-bond acceptors (Lipinski definition) is 5. The molecule has 4 rings (SSSR count). The van der Waals surface area contributed by atoms with Gasteiger partial charge in [0.25, 0.3) is 5.91 Å². The molecule has 0 spiro atoms. The van der Waals surface area contributed by atoms with Crippen LogP contribution in [0.2, 0.25) is 0 Å². The third kappa shape index (κ3) is 5.04. The molecular weight excluding hydrogens is 392 g/mol. The zero-order valence-electron chi connectivity index (χ0n) is 17.3. The Morgan fingerprint density at radius 1 is 0.935 bits per heavy atom. The summed E-state index contributed by atoms with van der Waals surface area (Å²) in [4.78, 5) is 26.5. The predicted molar refractivity (Wildman–Crippen MR) is 120 cm³/mol.